The molecule has 0 aliphatic heterocycles. The minimum Gasteiger partial charge on any atom is -0.392 e. The van der Waals surface area contributed by atoms with Gasteiger partial charge in [-0.3, -0.25) is 14.9 Å². The van der Waals surface area contributed by atoms with Crippen molar-refractivity contribution in [2.45, 2.75) is 13.0 Å². The van der Waals surface area contributed by atoms with Gasteiger partial charge in [-0.05, 0) is 13.0 Å². The van der Waals surface area contributed by atoms with Crippen molar-refractivity contribution in [3.05, 3.63) is 32.8 Å². The Kier molecular flexibility index (Phi) is 5.29. The molecule has 1 amide bonds. The average molecular weight is 302 g/mol. The first-order valence-corrected chi connectivity index (χ1v) is 6.25. The highest BCUT2D eigenvalue weighted by Gasteiger charge is 2.22. The maximum Gasteiger partial charge on any atom is 0.294 e. The third kappa shape index (κ3) is 3.58. The normalized spacial score (nSPS) is 11.8. The second kappa shape index (κ2) is 6.53. The lowest BCUT2D eigenvalue weighted by atomic mass is 10.1. The Bertz CT molecular complexity index is 534. The highest BCUT2D eigenvalue weighted by molar-refractivity contribution is 6.34. The number of nitro groups is 1. The van der Waals surface area contributed by atoms with Crippen molar-refractivity contribution in [1.82, 2.24) is 4.90 Å². The van der Waals surface area contributed by atoms with Crippen LogP contribution in [0.15, 0.2) is 12.1 Å². The van der Waals surface area contributed by atoms with Gasteiger partial charge in [0.1, 0.15) is 5.69 Å². The quantitative estimate of drug-likeness (QED) is 0.638. The summed E-state index contributed by atoms with van der Waals surface area (Å²) in [7, 11) is 3.01. The largest absolute Gasteiger partial charge is 0.392 e. The lowest BCUT2D eigenvalue weighted by Crippen LogP contribution is -2.33. The van der Waals surface area contributed by atoms with Gasteiger partial charge in [0.05, 0.1) is 16.0 Å². The van der Waals surface area contributed by atoms with E-state index >= 15 is 0 Å². The topological polar surface area (TPSA) is 95.7 Å². The summed E-state index contributed by atoms with van der Waals surface area (Å²) in [6, 6.07) is 2.53. The molecule has 1 atom stereocenters. The molecule has 7 nitrogen and oxygen atoms in total. The summed E-state index contributed by atoms with van der Waals surface area (Å²) in [4.78, 5) is 23.8. The van der Waals surface area contributed by atoms with E-state index in [9.17, 15) is 20.0 Å². The number of anilines is 1. The number of amides is 1. The first-order chi connectivity index (χ1) is 9.27. The predicted molar refractivity (Wildman–Crippen MR) is 76.3 cm³/mol. The Balaban J connectivity index is 3.20. The molecular weight excluding hydrogens is 286 g/mol. The maximum atomic E-state index is 12.1. The Labute approximate surface area is 121 Å². The van der Waals surface area contributed by atoms with Crippen LogP contribution in [-0.2, 0) is 0 Å². The van der Waals surface area contributed by atoms with Crippen LogP contribution in [0.1, 0.15) is 17.3 Å². The fourth-order valence-corrected chi connectivity index (χ4v) is 2.12. The van der Waals surface area contributed by atoms with Crippen molar-refractivity contribution < 1.29 is 14.8 Å². The Hall–Kier alpha value is -1.86. The number of nitro benzene ring substituents is 1. The zero-order valence-corrected chi connectivity index (χ0v) is 12.1. The number of aliphatic hydroxyl groups excluding tert-OH is 1. The molecule has 1 aromatic carbocycles. The summed E-state index contributed by atoms with van der Waals surface area (Å²) in [6.07, 6.45) is -0.689. The molecule has 0 heterocycles. The van der Waals surface area contributed by atoms with Crippen LogP contribution in [0.3, 0.4) is 0 Å². The number of halogens is 1. The summed E-state index contributed by atoms with van der Waals surface area (Å²) >= 11 is 5.95. The van der Waals surface area contributed by atoms with E-state index in [0.717, 1.165) is 0 Å². The van der Waals surface area contributed by atoms with Gasteiger partial charge in [0.25, 0.3) is 11.6 Å². The standard InChI is InChI=1S/C12H16ClN3O4/c1-7(17)6-15(3)12(18)8-4-9(13)11(14-2)10(5-8)16(19)20/h4-5,7,14,17H,6H2,1-3H3. The SMILES string of the molecule is CNc1c(Cl)cc(C(=O)N(C)CC(C)O)cc1[N+](=O)[O-]. The van der Waals surface area contributed by atoms with Crippen molar-refractivity contribution in [3.63, 3.8) is 0 Å². The molecule has 20 heavy (non-hydrogen) atoms. The number of aliphatic hydroxyl groups is 1. The van der Waals surface area contributed by atoms with Gasteiger partial charge in [0.2, 0.25) is 0 Å². The summed E-state index contributed by atoms with van der Waals surface area (Å²) < 4.78 is 0. The van der Waals surface area contributed by atoms with Gasteiger partial charge in [0, 0.05) is 32.3 Å². The zero-order chi connectivity index (χ0) is 15.4. The molecule has 0 aliphatic rings. The number of carbonyl (C=O) groups is 1. The average Bonchev–Trinajstić information content (AvgIpc) is 2.35. The summed E-state index contributed by atoms with van der Waals surface area (Å²) in [5, 5.41) is 23.0. The molecule has 1 unspecified atom stereocenters. The maximum absolute atomic E-state index is 12.1. The molecule has 0 aromatic heterocycles. The van der Waals surface area contributed by atoms with Crippen molar-refractivity contribution in [3.8, 4) is 0 Å². The Morgan fingerprint density at radius 3 is 2.65 bits per heavy atom. The lowest BCUT2D eigenvalue weighted by molar-refractivity contribution is -0.383. The number of hydrogen-bond acceptors (Lipinski definition) is 5. The van der Waals surface area contributed by atoms with Crippen LogP contribution in [0.2, 0.25) is 5.02 Å². The van der Waals surface area contributed by atoms with E-state index in [0.29, 0.717) is 0 Å². The monoisotopic (exact) mass is 301 g/mol. The van der Waals surface area contributed by atoms with Crippen LogP contribution in [-0.4, -0.2) is 47.6 Å². The molecule has 0 radical (unpaired) electrons. The van der Waals surface area contributed by atoms with E-state index in [-0.39, 0.29) is 28.5 Å². The third-order valence-corrected chi connectivity index (χ3v) is 2.95. The summed E-state index contributed by atoms with van der Waals surface area (Å²) in [6.45, 7) is 1.67. The van der Waals surface area contributed by atoms with Gasteiger partial charge < -0.3 is 15.3 Å². The van der Waals surface area contributed by atoms with E-state index in [4.69, 9.17) is 11.6 Å². The molecular formula is C12H16ClN3O4. The second-order valence-corrected chi connectivity index (χ2v) is 4.80. The Morgan fingerprint density at radius 1 is 1.60 bits per heavy atom. The minimum absolute atomic E-state index is 0.0931. The number of carbonyl (C=O) groups excluding carboxylic acids is 1. The highest BCUT2D eigenvalue weighted by Crippen LogP contribution is 2.33. The summed E-state index contributed by atoms with van der Waals surface area (Å²) in [5.74, 6) is -0.446. The van der Waals surface area contributed by atoms with E-state index in [1.165, 1.54) is 31.1 Å². The van der Waals surface area contributed by atoms with E-state index in [1.54, 1.807) is 6.92 Å². The zero-order valence-electron chi connectivity index (χ0n) is 11.4. The van der Waals surface area contributed by atoms with E-state index < -0.39 is 16.9 Å². The summed E-state index contributed by atoms with van der Waals surface area (Å²) in [5.41, 5.74) is -0.0101. The highest BCUT2D eigenvalue weighted by atomic mass is 35.5. The molecule has 2 N–H and O–H groups in total. The number of hydrogen-bond donors (Lipinski definition) is 2. The van der Waals surface area contributed by atoms with Crippen molar-refractivity contribution in [2.75, 3.05) is 26.0 Å². The molecule has 110 valence electrons. The van der Waals surface area contributed by atoms with Gasteiger partial charge in [-0.25, -0.2) is 0 Å². The molecule has 1 rings (SSSR count). The first kappa shape index (κ1) is 16.2. The van der Waals surface area contributed by atoms with Gasteiger partial charge in [-0.2, -0.15) is 0 Å². The van der Waals surface area contributed by atoms with Crippen molar-refractivity contribution in [2.24, 2.45) is 0 Å². The van der Waals surface area contributed by atoms with Crippen LogP contribution in [0.25, 0.3) is 0 Å². The number of benzene rings is 1. The lowest BCUT2D eigenvalue weighted by Gasteiger charge is -2.19. The number of likely N-dealkylation sites (N-methyl/N-ethyl adjacent to an activating group) is 1. The molecule has 8 heteroatoms. The fraction of sp³-hybridized carbons (Fsp3) is 0.417. The van der Waals surface area contributed by atoms with Gasteiger partial charge in [-0.1, -0.05) is 11.6 Å². The number of rotatable bonds is 5. The minimum atomic E-state index is -0.689. The molecule has 0 saturated carbocycles. The molecule has 0 bridgehead atoms. The molecule has 0 spiro atoms. The van der Waals surface area contributed by atoms with E-state index in [1.807, 2.05) is 0 Å². The molecule has 1 aromatic rings. The van der Waals surface area contributed by atoms with Gasteiger partial charge in [-0.15, -0.1) is 0 Å². The molecule has 0 fully saturated rings. The molecule has 0 aliphatic carbocycles. The van der Waals surface area contributed by atoms with Crippen molar-refractivity contribution >= 4 is 28.9 Å². The van der Waals surface area contributed by atoms with Crippen LogP contribution in [0.4, 0.5) is 11.4 Å². The van der Waals surface area contributed by atoms with E-state index in [2.05, 4.69) is 5.32 Å². The third-order valence-electron chi connectivity index (χ3n) is 2.65. The number of nitrogens with one attached hydrogen (secondary N) is 1. The number of nitrogens with zero attached hydrogens (tertiary/aromatic N) is 2. The fourth-order valence-electron chi connectivity index (χ4n) is 1.81. The predicted octanol–water partition coefficient (Wildman–Crippen LogP) is 1.74. The molecule has 0 saturated heterocycles. The van der Waals surface area contributed by atoms with Crippen LogP contribution >= 0.6 is 11.6 Å². The first-order valence-electron chi connectivity index (χ1n) is 5.87. The van der Waals surface area contributed by atoms with Crippen LogP contribution in [0, 0.1) is 10.1 Å². The Morgan fingerprint density at radius 2 is 2.20 bits per heavy atom. The van der Waals surface area contributed by atoms with Gasteiger partial charge in [0.15, 0.2) is 0 Å². The van der Waals surface area contributed by atoms with Crippen molar-refractivity contribution in [1.29, 1.82) is 0 Å². The second-order valence-electron chi connectivity index (χ2n) is 4.39. The van der Waals surface area contributed by atoms with Gasteiger partial charge >= 0.3 is 0 Å². The van der Waals surface area contributed by atoms with Crippen LogP contribution in [0.5, 0.6) is 0 Å². The van der Waals surface area contributed by atoms with Crippen LogP contribution < -0.4 is 5.32 Å². The smallest absolute Gasteiger partial charge is 0.294 e.